The number of aromatic nitrogens is 3. The Bertz CT molecular complexity index is 1000. The fourth-order valence-corrected chi connectivity index (χ4v) is 4.01. The molecule has 0 unspecified atom stereocenters. The molecule has 7 heteroatoms. The van der Waals surface area contributed by atoms with Crippen LogP contribution in [0.15, 0.2) is 49.2 Å². The lowest BCUT2D eigenvalue weighted by Crippen LogP contribution is -2.48. The Morgan fingerprint density at radius 3 is 2.75 bits per heavy atom. The Morgan fingerprint density at radius 1 is 1.14 bits per heavy atom. The molecule has 2 fully saturated rings. The van der Waals surface area contributed by atoms with Crippen LogP contribution >= 0.6 is 0 Å². The van der Waals surface area contributed by atoms with Crippen molar-refractivity contribution in [2.24, 2.45) is 5.92 Å². The molecule has 6 nitrogen and oxygen atoms in total. The number of ether oxygens (including phenoxy) is 1. The van der Waals surface area contributed by atoms with Crippen molar-refractivity contribution < 1.29 is 13.9 Å². The maximum Gasteiger partial charge on any atom is 0.226 e. The first-order valence-corrected chi connectivity index (χ1v) is 9.60. The Balaban J connectivity index is 1.37. The molecule has 0 aromatic carbocycles. The van der Waals surface area contributed by atoms with E-state index in [1.807, 2.05) is 28.8 Å². The highest BCUT2D eigenvalue weighted by Crippen LogP contribution is 2.33. The van der Waals surface area contributed by atoms with Gasteiger partial charge in [-0.3, -0.25) is 9.78 Å². The summed E-state index contributed by atoms with van der Waals surface area (Å²) in [5.41, 5.74) is 3.95. The number of hydrogen-bond donors (Lipinski definition) is 0. The predicted molar refractivity (Wildman–Crippen MR) is 101 cm³/mol. The van der Waals surface area contributed by atoms with Gasteiger partial charge in [0.25, 0.3) is 0 Å². The van der Waals surface area contributed by atoms with E-state index in [-0.39, 0.29) is 17.9 Å². The van der Waals surface area contributed by atoms with Gasteiger partial charge in [0.05, 0.1) is 30.7 Å². The van der Waals surface area contributed by atoms with Crippen molar-refractivity contribution in [3.63, 3.8) is 0 Å². The molecule has 4 heterocycles. The summed E-state index contributed by atoms with van der Waals surface area (Å²) in [6.45, 7) is 1.49. The molecule has 3 aromatic rings. The molecule has 0 spiro atoms. The summed E-state index contributed by atoms with van der Waals surface area (Å²) < 4.78 is 21.0. The maximum absolute atomic E-state index is 13.1. The van der Waals surface area contributed by atoms with E-state index in [1.165, 1.54) is 0 Å². The Kier molecular flexibility index (Phi) is 4.31. The van der Waals surface area contributed by atoms with E-state index in [1.54, 1.807) is 23.6 Å². The molecule has 0 bridgehead atoms. The third-order valence-electron chi connectivity index (χ3n) is 5.69. The van der Waals surface area contributed by atoms with Crippen LogP contribution in [0.5, 0.6) is 0 Å². The summed E-state index contributed by atoms with van der Waals surface area (Å²) in [6, 6.07) is 8.02. The Labute approximate surface area is 162 Å². The molecule has 1 saturated carbocycles. The fraction of sp³-hybridized carbons (Fsp3) is 0.381. The van der Waals surface area contributed by atoms with Gasteiger partial charge in [-0.2, -0.15) is 0 Å². The number of alkyl halides is 1. The van der Waals surface area contributed by atoms with Crippen molar-refractivity contribution in [3.8, 4) is 11.1 Å². The Morgan fingerprint density at radius 2 is 1.96 bits per heavy atom. The average Bonchev–Trinajstić information content (AvgIpc) is 3.15. The number of pyridine rings is 2. The van der Waals surface area contributed by atoms with Gasteiger partial charge in [-0.05, 0) is 42.2 Å². The highest BCUT2D eigenvalue weighted by atomic mass is 19.1. The number of carbonyl (C=O) groups excluding carboxylic acids is 1. The van der Waals surface area contributed by atoms with E-state index < -0.39 is 6.17 Å². The van der Waals surface area contributed by atoms with Crippen LogP contribution in [0.3, 0.4) is 0 Å². The summed E-state index contributed by atoms with van der Waals surface area (Å²) in [6.07, 6.45) is 6.97. The third-order valence-corrected chi connectivity index (χ3v) is 5.69. The number of nitrogens with zero attached hydrogens (tertiary/aromatic N) is 4. The van der Waals surface area contributed by atoms with Crippen LogP contribution in [0.25, 0.3) is 16.6 Å². The van der Waals surface area contributed by atoms with Gasteiger partial charge < -0.3 is 14.0 Å². The largest absolute Gasteiger partial charge is 0.368 e. The van der Waals surface area contributed by atoms with Gasteiger partial charge in [-0.15, -0.1) is 0 Å². The van der Waals surface area contributed by atoms with Crippen LogP contribution in [0.2, 0.25) is 0 Å². The molecule has 144 valence electrons. The quantitative estimate of drug-likeness (QED) is 0.701. The normalized spacial score (nSPS) is 24.9. The standard InChI is InChI=1S/C21H21FN4O2/c22-17-9-16(10-17)21(27)25-7-8-28-19(12-25)20-18-2-1-15(11-26(18)13-24-20)14-3-5-23-6-4-14/h1-6,11,13,16-17,19H,7-10,12H2/t16?,17?,19-/m0/s1. The van der Waals surface area contributed by atoms with Crippen molar-refractivity contribution in [3.05, 3.63) is 54.9 Å². The van der Waals surface area contributed by atoms with E-state index in [9.17, 15) is 9.18 Å². The van der Waals surface area contributed by atoms with Crippen LogP contribution in [0, 0.1) is 5.92 Å². The molecule has 5 rings (SSSR count). The van der Waals surface area contributed by atoms with Crippen molar-refractivity contribution in [1.29, 1.82) is 0 Å². The molecule has 28 heavy (non-hydrogen) atoms. The smallest absolute Gasteiger partial charge is 0.226 e. The van der Waals surface area contributed by atoms with Crippen molar-refractivity contribution in [2.75, 3.05) is 19.7 Å². The lowest BCUT2D eigenvalue weighted by molar-refractivity contribution is -0.148. The molecule has 1 atom stereocenters. The number of imidazole rings is 1. The van der Waals surface area contributed by atoms with Crippen molar-refractivity contribution in [1.82, 2.24) is 19.3 Å². The first-order valence-electron chi connectivity index (χ1n) is 9.60. The minimum atomic E-state index is -0.822. The summed E-state index contributed by atoms with van der Waals surface area (Å²) in [7, 11) is 0. The maximum atomic E-state index is 13.1. The zero-order valence-corrected chi connectivity index (χ0v) is 15.4. The SMILES string of the molecule is O=C(C1CC(F)C1)N1CCO[C@H](c2ncn3cc(-c4ccncc4)ccc23)C1. The van der Waals surface area contributed by atoms with E-state index in [0.717, 1.165) is 22.3 Å². The van der Waals surface area contributed by atoms with Gasteiger partial charge in [-0.1, -0.05) is 6.07 Å². The molecule has 1 amide bonds. The van der Waals surface area contributed by atoms with Crippen LogP contribution in [-0.4, -0.2) is 51.0 Å². The van der Waals surface area contributed by atoms with Gasteiger partial charge in [0.1, 0.15) is 12.3 Å². The number of morpholine rings is 1. The summed E-state index contributed by atoms with van der Waals surface area (Å²) >= 11 is 0. The molecule has 3 aromatic heterocycles. The second kappa shape index (κ2) is 6.98. The summed E-state index contributed by atoms with van der Waals surface area (Å²) in [5.74, 6) is -0.124. The summed E-state index contributed by atoms with van der Waals surface area (Å²) in [5, 5.41) is 0. The van der Waals surface area contributed by atoms with Gasteiger partial charge in [0, 0.05) is 31.1 Å². The number of rotatable bonds is 3. The van der Waals surface area contributed by atoms with Gasteiger partial charge >= 0.3 is 0 Å². The molecule has 0 radical (unpaired) electrons. The van der Waals surface area contributed by atoms with Gasteiger partial charge in [0.2, 0.25) is 5.91 Å². The molecule has 1 aliphatic heterocycles. The summed E-state index contributed by atoms with van der Waals surface area (Å²) in [4.78, 5) is 23.0. The number of fused-ring (bicyclic) bond motifs is 1. The first-order chi connectivity index (χ1) is 13.7. The Hall–Kier alpha value is -2.80. The number of amides is 1. The van der Waals surface area contributed by atoms with Gasteiger partial charge in [0.15, 0.2) is 0 Å². The van der Waals surface area contributed by atoms with E-state index in [4.69, 9.17) is 4.74 Å². The van der Waals surface area contributed by atoms with Crippen molar-refractivity contribution >= 4 is 11.4 Å². The average molecular weight is 380 g/mol. The lowest BCUT2D eigenvalue weighted by Gasteiger charge is -2.38. The minimum Gasteiger partial charge on any atom is -0.368 e. The monoisotopic (exact) mass is 380 g/mol. The molecule has 1 saturated heterocycles. The van der Waals surface area contributed by atoms with Crippen molar-refractivity contribution in [2.45, 2.75) is 25.1 Å². The topological polar surface area (TPSA) is 59.7 Å². The van der Waals surface area contributed by atoms with E-state index in [0.29, 0.717) is 32.5 Å². The van der Waals surface area contributed by atoms with E-state index >= 15 is 0 Å². The molecular weight excluding hydrogens is 359 g/mol. The molecule has 2 aliphatic rings. The van der Waals surface area contributed by atoms with Crippen LogP contribution in [-0.2, 0) is 9.53 Å². The number of halogens is 1. The zero-order chi connectivity index (χ0) is 19.1. The highest BCUT2D eigenvalue weighted by Gasteiger charge is 2.39. The molecular formula is C21H21FN4O2. The number of hydrogen-bond acceptors (Lipinski definition) is 4. The third kappa shape index (κ3) is 3.05. The van der Waals surface area contributed by atoms with Crippen LogP contribution in [0.1, 0.15) is 24.6 Å². The first kappa shape index (κ1) is 17.3. The van der Waals surface area contributed by atoms with Crippen LogP contribution < -0.4 is 0 Å². The van der Waals surface area contributed by atoms with Gasteiger partial charge in [-0.25, -0.2) is 9.37 Å². The lowest BCUT2D eigenvalue weighted by atomic mass is 9.82. The zero-order valence-electron chi connectivity index (χ0n) is 15.4. The number of carbonyl (C=O) groups is 1. The van der Waals surface area contributed by atoms with Crippen LogP contribution in [0.4, 0.5) is 4.39 Å². The van der Waals surface area contributed by atoms with E-state index in [2.05, 4.69) is 16.0 Å². The highest BCUT2D eigenvalue weighted by molar-refractivity contribution is 5.80. The minimum absolute atomic E-state index is 0.0469. The second-order valence-electron chi connectivity index (χ2n) is 7.49. The second-order valence-corrected chi connectivity index (χ2v) is 7.49. The molecule has 1 aliphatic carbocycles. The fourth-order valence-electron chi connectivity index (χ4n) is 4.01. The predicted octanol–water partition coefficient (Wildman–Crippen LogP) is 3.04. The molecule has 0 N–H and O–H groups in total.